The van der Waals surface area contributed by atoms with Gasteiger partial charge in [0.2, 0.25) is 5.91 Å². The third-order valence-electron chi connectivity index (χ3n) is 5.68. The van der Waals surface area contributed by atoms with Crippen molar-refractivity contribution >= 4 is 16.8 Å². The molecule has 1 amide bonds. The summed E-state index contributed by atoms with van der Waals surface area (Å²) < 4.78 is 3.04. The number of para-hydroxylation sites is 1. The van der Waals surface area contributed by atoms with Crippen LogP contribution in [0.4, 0.5) is 0 Å². The van der Waals surface area contributed by atoms with E-state index in [1.165, 1.54) is 4.68 Å². The van der Waals surface area contributed by atoms with Crippen molar-refractivity contribution in [3.8, 4) is 5.69 Å². The number of carbonyl (C=O) groups excluding carboxylic acids is 1. The van der Waals surface area contributed by atoms with Gasteiger partial charge >= 0.3 is 0 Å². The first-order valence-corrected chi connectivity index (χ1v) is 10.8. The van der Waals surface area contributed by atoms with Crippen molar-refractivity contribution in [3.63, 3.8) is 0 Å². The second kappa shape index (κ2) is 8.78. The summed E-state index contributed by atoms with van der Waals surface area (Å²) in [6.45, 7) is 8.05. The fraction of sp³-hybridized carbons (Fsp3) is 0.280. The molecule has 0 aliphatic rings. The summed E-state index contributed by atoms with van der Waals surface area (Å²) in [5, 5.41) is 12.8. The van der Waals surface area contributed by atoms with Crippen molar-refractivity contribution < 1.29 is 4.79 Å². The average molecular weight is 430 g/mol. The van der Waals surface area contributed by atoms with Gasteiger partial charge in [-0.2, -0.15) is 10.2 Å². The van der Waals surface area contributed by atoms with E-state index in [9.17, 15) is 9.59 Å². The van der Waals surface area contributed by atoms with Gasteiger partial charge in [0.15, 0.2) is 5.52 Å². The molecule has 7 heteroatoms. The lowest BCUT2D eigenvalue weighted by atomic mass is 10.1. The molecule has 2 aromatic carbocycles. The van der Waals surface area contributed by atoms with E-state index in [0.717, 1.165) is 27.9 Å². The van der Waals surface area contributed by atoms with E-state index in [0.29, 0.717) is 24.2 Å². The van der Waals surface area contributed by atoms with Crippen LogP contribution < -0.4 is 10.9 Å². The quantitative estimate of drug-likeness (QED) is 0.506. The lowest BCUT2D eigenvalue weighted by molar-refractivity contribution is -0.125. The van der Waals surface area contributed by atoms with E-state index < -0.39 is 6.04 Å². The Hall–Kier alpha value is -3.74. The number of rotatable bonds is 6. The Labute approximate surface area is 186 Å². The summed E-state index contributed by atoms with van der Waals surface area (Å²) in [5.74, 6) is -0.235. The van der Waals surface area contributed by atoms with Gasteiger partial charge in [-0.3, -0.25) is 9.59 Å². The first-order valence-electron chi connectivity index (χ1n) is 10.8. The summed E-state index contributed by atoms with van der Waals surface area (Å²) in [6, 6.07) is 16.9. The van der Waals surface area contributed by atoms with Crippen LogP contribution in [-0.2, 0) is 11.3 Å². The topological polar surface area (TPSA) is 81.8 Å². The van der Waals surface area contributed by atoms with Crippen LogP contribution in [-0.4, -0.2) is 25.5 Å². The van der Waals surface area contributed by atoms with Gasteiger partial charge in [0.1, 0.15) is 6.04 Å². The Morgan fingerprint density at radius 3 is 2.47 bits per heavy atom. The fourth-order valence-electron chi connectivity index (χ4n) is 4.08. The number of hydrogen-bond donors (Lipinski definition) is 1. The second-order valence-electron chi connectivity index (χ2n) is 8.02. The number of nitrogens with zero attached hydrogens (tertiary/aromatic N) is 4. The Morgan fingerprint density at radius 1 is 1.03 bits per heavy atom. The van der Waals surface area contributed by atoms with E-state index in [1.54, 1.807) is 4.68 Å². The molecule has 0 unspecified atom stereocenters. The zero-order chi connectivity index (χ0) is 22.8. The summed E-state index contributed by atoms with van der Waals surface area (Å²) in [7, 11) is 0. The molecule has 2 aromatic heterocycles. The molecule has 0 radical (unpaired) electrons. The van der Waals surface area contributed by atoms with Crippen LogP contribution in [0.25, 0.3) is 16.6 Å². The summed E-state index contributed by atoms with van der Waals surface area (Å²) in [6.07, 6.45) is 0.440. The number of aromatic nitrogens is 4. The van der Waals surface area contributed by atoms with Crippen molar-refractivity contribution in [3.05, 3.63) is 87.5 Å². The number of carbonyl (C=O) groups is 1. The fourth-order valence-corrected chi connectivity index (χ4v) is 4.08. The van der Waals surface area contributed by atoms with Gasteiger partial charge in [-0.15, -0.1) is 0 Å². The monoisotopic (exact) mass is 429 g/mol. The van der Waals surface area contributed by atoms with Gasteiger partial charge in [-0.25, -0.2) is 9.36 Å². The van der Waals surface area contributed by atoms with Crippen LogP contribution >= 0.6 is 0 Å². The van der Waals surface area contributed by atoms with Crippen LogP contribution in [0.15, 0.2) is 59.4 Å². The maximum absolute atomic E-state index is 13.3. The maximum atomic E-state index is 13.3. The van der Waals surface area contributed by atoms with Crippen LogP contribution in [0.2, 0.25) is 0 Å². The number of amides is 1. The highest BCUT2D eigenvalue weighted by molar-refractivity contribution is 5.84. The summed E-state index contributed by atoms with van der Waals surface area (Å²) >= 11 is 0. The number of hydrogen-bond acceptors (Lipinski definition) is 4. The molecular formula is C25H27N5O2. The van der Waals surface area contributed by atoms with Gasteiger partial charge in [0, 0.05) is 6.54 Å². The van der Waals surface area contributed by atoms with Crippen molar-refractivity contribution in [1.29, 1.82) is 0 Å². The van der Waals surface area contributed by atoms with Crippen molar-refractivity contribution in [1.82, 2.24) is 24.9 Å². The SMILES string of the molecule is CC[C@@H](C(=O)NCc1cccc(C)c1)n1nc(C)c2c(C)n(-c3ccccc3)nc2c1=O. The molecule has 0 bridgehead atoms. The molecule has 0 aliphatic heterocycles. The summed E-state index contributed by atoms with van der Waals surface area (Å²) in [5.41, 5.74) is 4.49. The normalized spacial score (nSPS) is 12.1. The van der Waals surface area contributed by atoms with Crippen LogP contribution in [0.3, 0.4) is 0 Å². The van der Waals surface area contributed by atoms with Crippen LogP contribution in [0, 0.1) is 20.8 Å². The first-order chi connectivity index (χ1) is 15.4. The van der Waals surface area contributed by atoms with Crippen LogP contribution in [0.5, 0.6) is 0 Å². The molecule has 1 N–H and O–H groups in total. The van der Waals surface area contributed by atoms with E-state index in [1.807, 2.05) is 82.3 Å². The van der Waals surface area contributed by atoms with E-state index in [-0.39, 0.29) is 11.5 Å². The first kappa shape index (κ1) is 21.5. The highest BCUT2D eigenvalue weighted by Gasteiger charge is 2.25. The molecule has 0 aliphatic carbocycles. The van der Waals surface area contributed by atoms with Crippen molar-refractivity contribution in [2.24, 2.45) is 0 Å². The van der Waals surface area contributed by atoms with Crippen LogP contribution in [0.1, 0.15) is 41.9 Å². The van der Waals surface area contributed by atoms with Gasteiger partial charge in [-0.1, -0.05) is 55.0 Å². The lowest BCUT2D eigenvalue weighted by Gasteiger charge is -2.17. The molecule has 4 aromatic rings. The third-order valence-corrected chi connectivity index (χ3v) is 5.68. The molecular weight excluding hydrogens is 402 g/mol. The highest BCUT2D eigenvalue weighted by atomic mass is 16.2. The van der Waals surface area contributed by atoms with Crippen molar-refractivity contribution in [2.75, 3.05) is 0 Å². The van der Waals surface area contributed by atoms with Crippen molar-refractivity contribution in [2.45, 2.75) is 46.7 Å². The molecule has 164 valence electrons. The largest absolute Gasteiger partial charge is 0.350 e. The second-order valence-corrected chi connectivity index (χ2v) is 8.02. The number of aryl methyl sites for hydroxylation is 3. The lowest BCUT2D eigenvalue weighted by Crippen LogP contribution is -2.38. The molecule has 7 nitrogen and oxygen atoms in total. The zero-order valence-corrected chi connectivity index (χ0v) is 18.8. The Balaban J connectivity index is 1.70. The molecule has 0 spiro atoms. The standard InChI is InChI=1S/C25H27N5O2/c1-5-21(24(31)26-15-19-11-9-10-16(2)14-19)30-25(32)23-22(17(3)27-30)18(4)29(28-23)20-12-7-6-8-13-20/h6-14,21H,5,15H2,1-4H3,(H,26,31)/t21-/m0/s1. The van der Waals surface area contributed by atoms with E-state index in [2.05, 4.69) is 15.5 Å². The Bertz CT molecular complexity index is 1340. The molecule has 1 atom stereocenters. The maximum Gasteiger partial charge on any atom is 0.295 e. The Kier molecular flexibility index (Phi) is 5.90. The van der Waals surface area contributed by atoms with E-state index >= 15 is 0 Å². The predicted octanol–water partition coefficient (Wildman–Crippen LogP) is 3.77. The molecule has 4 rings (SSSR count). The molecule has 0 saturated carbocycles. The van der Waals surface area contributed by atoms with Gasteiger partial charge in [-0.05, 0) is 44.9 Å². The minimum atomic E-state index is -0.711. The highest BCUT2D eigenvalue weighted by Crippen LogP contribution is 2.22. The summed E-state index contributed by atoms with van der Waals surface area (Å²) in [4.78, 5) is 26.3. The average Bonchev–Trinajstić information content (AvgIpc) is 3.15. The van der Waals surface area contributed by atoms with Gasteiger partial charge in [0.05, 0.1) is 22.5 Å². The third kappa shape index (κ3) is 3.93. The number of nitrogens with one attached hydrogen (secondary N) is 1. The minimum Gasteiger partial charge on any atom is -0.350 e. The molecule has 0 saturated heterocycles. The smallest absolute Gasteiger partial charge is 0.295 e. The number of benzene rings is 2. The van der Waals surface area contributed by atoms with Gasteiger partial charge < -0.3 is 5.32 Å². The van der Waals surface area contributed by atoms with E-state index in [4.69, 9.17) is 0 Å². The molecule has 32 heavy (non-hydrogen) atoms. The number of fused-ring (bicyclic) bond motifs is 1. The molecule has 2 heterocycles. The predicted molar refractivity (Wildman–Crippen MR) is 125 cm³/mol. The van der Waals surface area contributed by atoms with Gasteiger partial charge in [0.25, 0.3) is 5.56 Å². The molecule has 0 fully saturated rings. The minimum absolute atomic E-state index is 0.235. The Morgan fingerprint density at radius 2 is 1.78 bits per heavy atom. The zero-order valence-electron chi connectivity index (χ0n) is 18.8.